The van der Waals surface area contributed by atoms with Crippen LogP contribution in [0, 0.1) is 0 Å². The average molecular weight is 205 g/mol. The van der Waals surface area contributed by atoms with E-state index in [4.69, 9.17) is 0 Å². The molecule has 0 radical (unpaired) electrons. The summed E-state index contributed by atoms with van der Waals surface area (Å²) >= 11 is 1.45. The number of hydrogen-bond acceptors (Lipinski definition) is 4. The number of ketones is 1. The predicted molar refractivity (Wildman–Crippen MR) is 54.4 cm³/mol. The molecule has 0 saturated heterocycles. The standard InChI is InChI=1S/C10H7NO2S/c12-6-7(13)5-10-11-8-3-1-2-4-9(8)14-10/h1-4,6H,5H2. The second kappa shape index (κ2) is 3.67. The van der Waals surface area contributed by atoms with E-state index in [-0.39, 0.29) is 6.42 Å². The number of aromatic nitrogens is 1. The van der Waals surface area contributed by atoms with E-state index in [9.17, 15) is 9.59 Å². The fraction of sp³-hybridized carbons (Fsp3) is 0.100. The summed E-state index contributed by atoms with van der Waals surface area (Å²) in [4.78, 5) is 25.2. The lowest BCUT2D eigenvalue weighted by Crippen LogP contribution is -2.02. The van der Waals surface area contributed by atoms with Crippen molar-refractivity contribution in [2.45, 2.75) is 6.42 Å². The van der Waals surface area contributed by atoms with Crippen molar-refractivity contribution in [1.82, 2.24) is 4.98 Å². The molecule has 2 aromatic rings. The Bertz CT molecular complexity index is 457. The topological polar surface area (TPSA) is 47.0 Å². The molecule has 0 saturated carbocycles. The first-order chi connectivity index (χ1) is 6.79. The van der Waals surface area contributed by atoms with E-state index in [1.807, 2.05) is 24.3 Å². The van der Waals surface area contributed by atoms with Crippen molar-refractivity contribution in [1.29, 1.82) is 0 Å². The number of thiazole rings is 1. The van der Waals surface area contributed by atoms with Crippen LogP contribution >= 0.6 is 11.3 Å². The molecule has 1 aromatic carbocycles. The number of Topliss-reactive ketones (excluding diaryl/α,β-unsaturated/α-hetero) is 1. The molecular formula is C10H7NO2S. The highest BCUT2D eigenvalue weighted by Crippen LogP contribution is 2.21. The van der Waals surface area contributed by atoms with E-state index < -0.39 is 5.78 Å². The molecule has 0 amide bonds. The van der Waals surface area contributed by atoms with Gasteiger partial charge >= 0.3 is 0 Å². The summed E-state index contributed by atoms with van der Waals surface area (Å²) in [6, 6.07) is 7.65. The second-order valence-corrected chi connectivity index (χ2v) is 3.95. The Hall–Kier alpha value is -1.55. The number of para-hydroxylation sites is 1. The number of carbonyl (C=O) groups excluding carboxylic acids is 2. The molecule has 3 nitrogen and oxygen atoms in total. The molecule has 4 heteroatoms. The van der Waals surface area contributed by atoms with Crippen molar-refractivity contribution in [3.63, 3.8) is 0 Å². The highest BCUT2D eigenvalue weighted by atomic mass is 32.1. The van der Waals surface area contributed by atoms with Crippen LogP contribution in [-0.4, -0.2) is 17.1 Å². The molecule has 0 N–H and O–H groups in total. The van der Waals surface area contributed by atoms with E-state index in [1.165, 1.54) is 11.3 Å². The zero-order valence-electron chi connectivity index (χ0n) is 7.27. The molecule has 70 valence electrons. The average Bonchev–Trinajstić information content (AvgIpc) is 2.59. The SMILES string of the molecule is O=CC(=O)Cc1nc2ccccc2s1. The lowest BCUT2D eigenvalue weighted by atomic mass is 10.3. The van der Waals surface area contributed by atoms with Crippen molar-refractivity contribution in [2.75, 3.05) is 0 Å². The van der Waals surface area contributed by atoms with E-state index in [2.05, 4.69) is 4.98 Å². The normalized spacial score (nSPS) is 10.3. The maximum atomic E-state index is 10.9. The fourth-order valence-corrected chi connectivity index (χ4v) is 2.16. The minimum absolute atomic E-state index is 0.114. The third-order valence-electron chi connectivity index (χ3n) is 1.80. The van der Waals surface area contributed by atoms with Crippen LogP contribution in [0.1, 0.15) is 5.01 Å². The Labute approximate surface area is 84.4 Å². The van der Waals surface area contributed by atoms with Crippen LogP contribution < -0.4 is 0 Å². The minimum atomic E-state index is -0.427. The molecule has 0 fully saturated rings. The van der Waals surface area contributed by atoms with Crippen LogP contribution in [0.5, 0.6) is 0 Å². The number of aldehydes is 1. The molecule has 0 spiro atoms. The van der Waals surface area contributed by atoms with Crippen molar-refractivity contribution in [2.24, 2.45) is 0 Å². The summed E-state index contributed by atoms with van der Waals surface area (Å²) in [5, 5.41) is 0.698. The van der Waals surface area contributed by atoms with E-state index in [1.54, 1.807) is 0 Å². The van der Waals surface area contributed by atoms with Crippen LogP contribution in [0.4, 0.5) is 0 Å². The molecule has 0 aliphatic heterocycles. The number of rotatable bonds is 3. The van der Waals surface area contributed by atoms with Gasteiger partial charge in [-0.15, -0.1) is 11.3 Å². The highest BCUT2D eigenvalue weighted by molar-refractivity contribution is 7.18. The number of carbonyl (C=O) groups is 2. The molecule has 0 aliphatic carbocycles. The molecular weight excluding hydrogens is 198 g/mol. The van der Waals surface area contributed by atoms with E-state index >= 15 is 0 Å². The van der Waals surface area contributed by atoms with Gasteiger partial charge in [0.1, 0.15) is 5.01 Å². The van der Waals surface area contributed by atoms with Gasteiger partial charge in [0.2, 0.25) is 5.78 Å². The molecule has 1 aromatic heterocycles. The third-order valence-corrected chi connectivity index (χ3v) is 2.83. The maximum Gasteiger partial charge on any atom is 0.201 e. The quantitative estimate of drug-likeness (QED) is 0.565. The van der Waals surface area contributed by atoms with Gasteiger partial charge in [0.15, 0.2) is 6.29 Å². The van der Waals surface area contributed by atoms with Gasteiger partial charge in [-0.05, 0) is 12.1 Å². The van der Waals surface area contributed by atoms with Crippen molar-refractivity contribution < 1.29 is 9.59 Å². The Balaban J connectivity index is 2.35. The lowest BCUT2D eigenvalue weighted by Gasteiger charge is -1.84. The van der Waals surface area contributed by atoms with Gasteiger partial charge in [-0.3, -0.25) is 9.59 Å². The number of nitrogens with zero attached hydrogens (tertiary/aromatic N) is 1. The summed E-state index contributed by atoms with van der Waals surface area (Å²) in [6.45, 7) is 0. The van der Waals surface area contributed by atoms with Crippen LogP contribution in [0.2, 0.25) is 0 Å². The first-order valence-corrected chi connectivity index (χ1v) is 4.93. The van der Waals surface area contributed by atoms with Gasteiger partial charge in [0.05, 0.1) is 16.6 Å². The van der Waals surface area contributed by atoms with Crippen LogP contribution in [-0.2, 0) is 16.0 Å². The Morgan fingerprint density at radius 1 is 1.43 bits per heavy atom. The number of benzene rings is 1. The lowest BCUT2D eigenvalue weighted by molar-refractivity contribution is -0.129. The van der Waals surface area contributed by atoms with Gasteiger partial charge in [-0.1, -0.05) is 12.1 Å². The molecule has 2 rings (SSSR count). The van der Waals surface area contributed by atoms with Crippen molar-refractivity contribution >= 4 is 33.6 Å². The molecule has 0 unspecified atom stereocenters. The first kappa shape index (κ1) is 9.02. The molecule has 0 atom stereocenters. The van der Waals surface area contributed by atoms with Gasteiger partial charge < -0.3 is 0 Å². The number of fused-ring (bicyclic) bond motifs is 1. The minimum Gasteiger partial charge on any atom is -0.295 e. The Morgan fingerprint density at radius 3 is 2.93 bits per heavy atom. The summed E-state index contributed by atoms with van der Waals surface area (Å²) in [7, 11) is 0. The first-order valence-electron chi connectivity index (χ1n) is 4.12. The predicted octanol–water partition coefficient (Wildman–Crippen LogP) is 1.61. The zero-order valence-corrected chi connectivity index (χ0v) is 8.08. The third kappa shape index (κ3) is 1.70. The molecule has 14 heavy (non-hydrogen) atoms. The van der Waals surface area contributed by atoms with Gasteiger partial charge in [-0.2, -0.15) is 0 Å². The fourth-order valence-electron chi connectivity index (χ4n) is 1.19. The summed E-state index contributed by atoms with van der Waals surface area (Å²) < 4.78 is 1.04. The smallest absolute Gasteiger partial charge is 0.201 e. The van der Waals surface area contributed by atoms with Gasteiger partial charge in [0.25, 0.3) is 0 Å². The monoisotopic (exact) mass is 205 g/mol. The van der Waals surface area contributed by atoms with E-state index in [0.717, 1.165) is 10.2 Å². The van der Waals surface area contributed by atoms with Crippen molar-refractivity contribution in [3.8, 4) is 0 Å². The Kier molecular flexibility index (Phi) is 2.37. The molecule has 0 aliphatic rings. The largest absolute Gasteiger partial charge is 0.295 e. The molecule has 0 bridgehead atoms. The van der Waals surface area contributed by atoms with E-state index in [0.29, 0.717) is 11.3 Å². The van der Waals surface area contributed by atoms with Crippen LogP contribution in [0.15, 0.2) is 24.3 Å². The summed E-state index contributed by atoms with van der Waals surface area (Å²) in [5.74, 6) is -0.427. The van der Waals surface area contributed by atoms with Crippen LogP contribution in [0.3, 0.4) is 0 Å². The van der Waals surface area contributed by atoms with Crippen LogP contribution in [0.25, 0.3) is 10.2 Å². The van der Waals surface area contributed by atoms with Crippen molar-refractivity contribution in [3.05, 3.63) is 29.3 Å². The Morgan fingerprint density at radius 2 is 2.21 bits per heavy atom. The maximum absolute atomic E-state index is 10.9. The van der Waals surface area contributed by atoms with Gasteiger partial charge in [0, 0.05) is 0 Å². The number of hydrogen-bond donors (Lipinski definition) is 0. The van der Waals surface area contributed by atoms with Gasteiger partial charge in [-0.25, -0.2) is 4.98 Å². The summed E-state index contributed by atoms with van der Waals surface area (Å²) in [6.07, 6.45) is 0.453. The molecule has 1 heterocycles. The summed E-state index contributed by atoms with van der Waals surface area (Å²) in [5.41, 5.74) is 0.881. The second-order valence-electron chi connectivity index (χ2n) is 2.84. The highest BCUT2D eigenvalue weighted by Gasteiger charge is 2.07. The zero-order chi connectivity index (χ0) is 9.97.